The van der Waals surface area contributed by atoms with Gasteiger partial charge in [0.2, 0.25) is 0 Å². The standard InChI is InChI=1S/C21H21ClN4O2/c1-14-3-6-16(22)13-19(14)24-20-10-9-18(25-26-20)21(27)23-12-11-15-4-7-17(28-2)8-5-15/h3-10,13H,11-12H2,1-2H3,(H,23,27)(H,24,26). The Bertz CT molecular complexity index is 944. The molecule has 1 aromatic heterocycles. The summed E-state index contributed by atoms with van der Waals surface area (Å²) in [7, 11) is 1.63. The van der Waals surface area contributed by atoms with Crippen molar-refractivity contribution in [3.63, 3.8) is 0 Å². The van der Waals surface area contributed by atoms with Crippen molar-refractivity contribution >= 4 is 29.0 Å². The van der Waals surface area contributed by atoms with E-state index in [1.165, 1.54) is 0 Å². The Morgan fingerprint density at radius 2 is 1.86 bits per heavy atom. The van der Waals surface area contributed by atoms with Crippen LogP contribution in [0.5, 0.6) is 5.75 Å². The van der Waals surface area contributed by atoms with E-state index in [0.717, 1.165) is 29.0 Å². The smallest absolute Gasteiger partial charge is 0.271 e. The number of nitrogens with zero attached hydrogens (tertiary/aromatic N) is 2. The molecule has 0 saturated carbocycles. The molecule has 0 spiro atoms. The number of aromatic nitrogens is 2. The molecule has 0 aliphatic rings. The molecule has 0 atom stereocenters. The van der Waals surface area contributed by atoms with E-state index in [1.807, 2.05) is 49.4 Å². The van der Waals surface area contributed by atoms with Gasteiger partial charge in [-0.3, -0.25) is 4.79 Å². The first-order chi connectivity index (χ1) is 13.5. The van der Waals surface area contributed by atoms with E-state index in [1.54, 1.807) is 19.2 Å². The predicted octanol–water partition coefficient (Wildman–Crippen LogP) is 4.16. The third kappa shape index (κ3) is 5.20. The lowest BCUT2D eigenvalue weighted by Crippen LogP contribution is -2.26. The Morgan fingerprint density at radius 3 is 2.54 bits per heavy atom. The van der Waals surface area contributed by atoms with Gasteiger partial charge in [-0.1, -0.05) is 29.8 Å². The summed E-state index contributed by atoms with van der Waals surface area (Å²) in [6.07, 6.45) is 0.719. The molecule has 0 aliphatic carbocycles. The largest absolute Gasteiger partial charge is 0.497 e. The molecule has 3 aromatic rings. The molecule has 3 rings (SSSR count). The van der Waals surface area contributed by atoms with E-state index in [-0.39, 0.29) is 11.6 Å². The minimum absolute atomic E-state index is 0.258. The number of aryl methyl sites for hydroxylation is 1. The van der Waals surface area contributed by atoms with Crippen molar-refractivity contribution in [2.45, 2.75) is 13.3 Å². The van der Waals surface area contributed by atoms with Crippen LogP contribution in [0.25, 0.3) is 0 Å². The number of anilines is 2. The molecule has 0 radical (unpaired) electrons. The van der Waals surface area contributed by atoms with Gasteiger partial charge in [-0.05, 0) is 60.9 Å². The number of hydrogen-bond donors (Lipinski definition) is 2. The third-order valence-corrected chi connectivity index (χ3v) is 4.45. The number of nitrogens with one attached hydrogen (secondary N) is 2. The summed E-state index contributed by atoms with van der Waals surface area (Å²) in [5, 5.41) is 14.7. The zero-order valence-corrected chi connectivity index (χ0v) is 16.5. The summed E-state index contributed by atoms with van der Waals surface area (Å²) in [6.45, 7) is 2.48. The van der Waals surface area contributed by atoms with Gasteiger partial charge in [0.25, 0.3) is 5.91 Å². The number of amides is 1. The first-order valence-corrected chi connectivity index (χ1v) is 9.21. The van der Waals surface area contributed by atoms with Crippen LogP contribution < -0.4 is 15.4 Å². The lowest BCUT2D eigenvalue weighted by Gasteiger charge is -2.09. The van der Waals surface area contributed by atoms with Crippen LogP contribution in [-0.4, -0.2) is 29.8 Å². The van der Waals surface area contributed by atoms with Gasteiger partial charge in [0.05, 0.1) is 7.11 Å². The van der Waals surface area contributed by atoms with Crippen LogP contribution in [-0.2, 0) is 6.42 Å². The summed E-state index contributed by atoms with van der Waals surface area (Å²) >= 11 is 6.02. The van der Waals surface area contributed by atoms with Crippen molar-refractivity contribution in [1.29, 1.82) is 0 Å². The van der Waals surface area contributed by atoms with Crippen LogP contribution in [0.4, 0.5) is 11.5 Å². The van der Waals surface area contributed by atoms with Gasteiger partial charge >= 0.3 is 0 Å². The number of carbonyl (C=O) groups excluding carboxylic acids is 1. The molecule has 0 aliphatic heterocycles. The fourth-order valence-corrected chi connectivity index (χ4v) is 2.76. The van der Waals surface area contributed by atoms with Crippen LogP contribution in [0.15, 0.2) is 54.6 Å². The molecular weight excluding hydrogens is 376 g/mol. The summed E-state index contributed by atoms with van der Waals surface area (Å²) < 4.78 is 5.13. The highest BCUT2D eigenvalue weighted by Crippen LogP contribution is 2.23. The van der Waals surface area contributed by atoms with Crippen LogP contribution in [0.3, 0.4) is 0 Å². The molecule has 1 amide bonds. The molecule has 0 fully saturated rings. The van der Waals surface area contributed by atoms with Crippen molar-refractivity contribution in [2.24, 2.45) is 0 Å². The number of halogens is 1. The first-order valence-electron chi connectivity index (χ1n) is 8.83. The van der Waals surface area contributed by atoms with E-state index in [4.69, 9.17) is 16.3 Å². The van der Waals surface area contributed by atoms with E-state index in [2.05, 4.69) is 20.8 Å². The molecule has 28 heavy (non-hydrogen) atoms. The summed E-state index contributed by atoms with van der Waals surface area (Å²) in [5.41, 5.74) is 3.26. The summed E-state index contributed by atoms with van der Waals surface area (Å²) in [4.78, 5) is 12.2. The van der Waals surface area contributed by atoms with Gasteiger partial charge in [0.15, 0.2) is 11.5 Å². The van der Waals surface area contributed by atoms with Crippen LogP contribution in [0, 0.1) is 6.92 Å². The zero-order chi connectivity index (χ0) is 19.9. The average molecular weight is 397 g/mol. The van der Waals surface area contributed by atoms with Gasteiger partial charge in [0.1, 0.15) is 5.75 Å². The second-order valence-corrected chi connectivity index (χ2v) is 6.68. The maximum absolute atomic E-state index is 12.2. The van der Waals surface area contributed by atoms with Crippen molar-refractivity contribution in [3.8, 4) is 5.75 Å². The minimum Gasteiger partial charge on any atom is -0.497 e. The third-order valence-electron chi connectivity index (χ3n) is 4.22. The highest BCUT2D eigenvalue weighted by molar-refractivity contribution is 6.30. The molecule has 7 heteroatoms. The summed E-state index contributed by atoms with van der Waals surface area (Å²) in [5.74, 6) is 1.09. The molecule has 0 saturated heterocycles. The van der Waals surface area contributed by atoms with Gasteiger partial charge in [-0.15, -0.1) is 10.2 Å². The van der Waals surface area contributed by atoms with Crippen molar-refractivity contribution in [1.82, 2.24) is 15.5 Å². The molecule has 2 N–H and O–H groups in total. The lowest BCUT2D eigenvalue weighted by atomic mass is 10.1. The lowest BCUT2D eigenvalue weighted by molar-refractivity contribution is 0.0948. The molecule has 0 unspecified atom stereocenters. The zero-order valence-electron chi connectivity index (χ0n) is 15.7. The van der Waals surface area contributed by atoms with Crippen LogP contribution >= 0.6 is 11.6 Å². The number of hydrogen-bond acceptors (Lipinski definition) is 5. The second kappa shape index (κ2) is 9.19. The van der Waals surface area contributed by atoms with E-state index >= 15 is 0 Å². The number of benzene rings is 2. The summed E-state index contributed by atoms with van der Waals surface area (Å²) in [6, 6.07) is 16.7. The number of methoxy groups -OCH3 is 1. The van der Waals surface area contributed by atoms with Gasteiger partial charge in [-0.2, -0.15) is 0 Å². The van der Waals surface area contributed by atoms with Crippen molar-refractivity contribution in [3.05, 3.63) is 76.4 Å². The fourth-order valence-electron chi connectivity index (χ4n) is 2.59. The molecule has 0 bridgehead atoms. The Balaban J connectivity index is 1.53. The Morgan fingerprint density at radius 1 is 1.07 bits per heavy atom. The maximum atomic E-state index is 12.2. The Kier molecular flexibility index (Phi) is 6.45. The van der Waals surface area contributed by atoms with Crippen LogP contribution in [0.2, 0.25) is 5.02 Å². The highest BCUT2D eigenvalue weighted by atomic mass is 35.5. The average Bonchev–Trinajstić information content (AvgIpc) is 2.71. The molecule has 1 heterocycles. The number of ether oxygens (including phenoxy) is 1. The second-order valence-electron chi connectivity index (χ2n) is 6.24. The quantitative estimate of drug-likeness (QED) is 0.627. The van der Waals surface area contributed by atoms with E-state index < -0.39 is 0 Å². The maximum Gasteiger partial charge on any atom is 0.271 e. The molecular formula is C21H21ClN4O2. The molecule has 2 aromatic carbocycles. The fraction of sp³-hybridized carbons (Fsp3) is 0.190. The Hall–Kier alpha value is -3.12. The van der Waals surface area contributed by atoms with Gasteiger partial charge < -0.3 is 15.4 Å². The van der Waals surface area contributed by atoms with Crippen LogP contribution in [0.1, 0.15) is 21.6 Å². The minimum atomic E-state index is -0.258. The Labute approximate surface area is 168 Å². The first kappa shape index (κ1) is 19.6. The topological polar surface area (TPSA) is 76.1 Å². The normalized spacial score (nSPS) is 10.4. The monoisotopic (exact) mass is 396 g/mol. The highest BCUT2D eigenvalue weighted by Gasteiger charge is 2.09. The predicted molar refractivity (Wildman–Crippen MR) is 111 cm³/mol. The van der Waals surface area contributed by atoms with Crippen molar-refractivity contribution < 1.29 is 9.53 Å². The number of carbonyl (C=O) groups is 1. The van der Waals surface area contributed by atoms with E-state index in [0.29, 0.717) is 17.4 Å². The molecule has 6 nitrogen and oxygen atoms in total. The van der Waals surface area contributed by atoms with Crippen molar-refractivity contribution in [2.75, 3.05) is 19.0 Å². The van der Waals surface area contributed by atoms with E-state index in [9.17, 15) is 4.79 Å². The van der Waals surface area contributed by atoms with Gasteiger partial charge in [0, 0.05) is 17.3 Å². The SMILES string of the molecule is COc1ccc(CCNC(=O)c2ccc(Nc3cc(Cl)ccc3C)nn2)cc1. The van der Waals surface area contributed by atoms with Gasteiger partial charge in [-0.25, -0.2) is 0 Å². The number of rotatable bonds is 7. The molecule has 144 valence electrons.